The summed E-state index contributed by atoms with van der Waals surface area (Å²) in [5, 5.41) is 10.8. The van der Waals surface area contributed by atoms with Crippen LogP contribution < -0.4 is 5.10 Å². The molecule has 0 aliphatic carbocycles. The van der Waals surface area contributed by atoms with E-state index in [1.54, 1.807) is 12.4 Å². The summed E-state index contributed by atoms with van der Waals surface area (Å²) in [7, 11) is 0. The minimum Gasteiger partial charge on any atom is -0.358 e. The summed E-state index contributed by atoms with van der Waals surface area (Å²) >= 11 is 0. The molecule has 7 heteroatoms. The van der Waals surface area contributed by atoms with Crippen LogP contribution in [0.2, 0.25) is 0 Å². The fourth-order valence-electron chi connectivity index (χ4n) is 2.74. The minimum absolute atomic E-state index is 0. The maximum absolute atomic E-state index is 4.41. The summed E-state index contributed by atoms with van der Waals surface area (Å²) in [6.07, 6.45) is 7.22. The van der Waals surface area contributed by atoms with Gasteiger partial charge >= 0.3 is 0 Å². The maximum Gasteiger partial charge on any atom is 0.0840 e. The van der Waals surface area contributed by atoms with Crippen molar-refractivity contribution in [2.45, 2.75) is 6.54 Å². The fourth-order valence-corrected chi connectivity index (χ4v) is 2.74. The molecule has 151 valence electrons. The molecule has 0 N–H and O–H groups in total. The van der Waals surface area contributed by atoms with Crippen molar-refractivity contribution >= 4 is 0 Å². The smallest absolute Gasteiger partial charge is 0.0840 e. The molecule has 0 fully saturated rings. The Hall–Kier alpha value is -3.41. The van der Waals surface area contributed by atoms with E-state index in [1.165, 1.54) is 5.56 Å². The Balaban J connectivity index is 0.000000184. The Bertz CT molecular complexity index is 1110. The molecule has 30 heavy (non-hydrogen) atoms. The Morgan fingerprint density at radius 1 is 0.867 bits per heavy atom. The molecule has 0 bridgehead atoms. The Morgan fingerprint density at radius 3 is 2.40 bits per heavy atom. The third-order valence-electron chi connectivity index (χ3n) is 4.14. The number of pyridine rings is 1. The standard InChI is InChI=1S/C16H13N2.C7H5N4.Ir/c1-3-7-14(8-4-1)11-18-12-16(17-13-18)15-9-5-2-6-10-15;1-2-4-8-6(3-1)7-5-9-11-10-7;/h1-9,12-13H,11H2;1-5H;/q2*-1;. The summed E-state index contributed by atoms with van der Waals surface area (Å²) in [6.45, 7) is 0.848. The van der Waals surface area contributed by atoms with Crippen LogP contribution in [0.4, 0.5) is 0 Å². The normalized spacial score (nSPS) is 9.87. The zero-order chi connectivity index (χ0) is 19.7. The largest absolute Gasteiger partial charge is 0.358 e. The minimum atomic E-state index is 0. The molecule has 0 unspecified atom stereocenters. The molecule has 0 aliphatic rings. The fraction of sp³-hybridized carbons (Fsp3) is 0.0435. The van der Waals surface area contributed by atoms with Crippen molar-refractivity contribution in [1.82, 2.24) is 29.9 Å². The Labute approximate surface area is 188 Å². The molecule has 3 aromatic heterocycles. The summed E-state index contributed by atoms with van der Waals surface area (Å²) in [5.74, 6) is 0. The van der Waals surface area contributed by atoms with Gasteiger partial charge in [0, 0.05) is 38.5 Å². The van der Waals surface area contributed by atoms with Crippen molar-refractivity contribution in [3.05, 3.63) is 109 Å². The van der Waals surface area contributed by atoms with Crippen molar-refractivity contribution in [1.29, 1.82) is 0 Å². The van der Waals surface area contributed by atoms with E-state index in [4.69, 9.17) is 0 Å². The molecule has 6 nitrogen and oxygen atoms in total. The van der Waals surface area contributed by atoms with Gasteiger partial charge in [0.25, 0.3) is 0 Å². The van der Waals surface area contributed by atoms with E-state index in [9.17, 15) is 0 Å². The Kier molecular flexibility index (Phi) is 7.78. The van der Waals surface area contributed by atoms with Gasteiger partial charge in [-0.05, 0) is 29.6 Å². The summed E-state index contributed by atoms with van der Waals surface area (Å²) in [5.41, 5.74) is 4.79. The molecule has 0 atom stereocenters. The van der Waals surface area contributed by atoms with E-state index in [0.29, 0.717) is 5.69 Å². The number of hydrogen-bond acceptors (Lipinski definition) is 4. The van der Waals surface area contributed by atoms with E-state index < -0.39 is 0 Å². The van der Waals surface area contributed by atoms with Crippen LogP contribution in [0.25, 0.3) is 22.6 Å². The van der Waals surface area contributed by atoms with Crippen LogP contribution in [0.5, 0.6) is 0 Å². The average molecular weight is 571 g/mol. The predicted molar refractivity (Wildman–Crippen MR) is 111 cm³/mol. The van der Waals surface area contributed by atoms with Crippen LogP contribution in [0.15, 0.2) is 97.7 Å². The van der Waals surface area contributed by atoms with E-state index in [1.807, 2.05) is 54.9 Å². The zero-order valence-electron chi connectivity index (χ0n) is 16.0. The number of benzene rings is 2. The number of imidazole rings is 1. The van der Waals surface area contributed by atoms with Crippen molar-refractivity contribution < 1.29 is 20.1 Å². The van der Waals surface area contributed by atoms with E-state index in [2.05, 4.69) is 66.5 Å². The van der Waals surface area contributed by atoms with Gasteiger partial charge in [-0.2, -0.15) is 0 Å². The van der Waals surface area contributed by atoms with Crippen LogP contribution in [0, 0.1) is 6.07 Å². The van der Waals surface area contributed by atoms with E-state index in [-0.39, 0.29) is 20.1 Å². The van der Waals surface area contributed by atoms with Crippen LogP contribution in [0.3, 0.4) is 0 Å². The zero-order valence-corrected chi connectivity index (χ0v) is 18.4. The number of aromatic nitrogens is 6. The molecule has 0 amide bonds. The second-order valence-electron chi connectivity index (χ2n) is 6.23. The van der Waals surface area contributed by atoms with Gasteiger partial charge in [0.15, 0.2) is 0 Å². The van der Waals surface area contributed by atoms with Gasteiger partial charge in [-0.15, -0.1) is 35.9 Å². The van der Waals surface area contributed by atoms with Crippen molar-refractivity contribution in [2.24, 2.45) is 0 Å². The number of hydrogen-bond donors (Lipinski definition) is 0. The topological polar surface area (TPSA) is 70.6 Å². The summed E-state index contributed by atoms with van der Waals surface area (Å²) in [6, 6.07) is 27.1. The van der Waals surface area contributed by atoms with Gasteiger partial charge in [0.2, 0.25) is 0 Å². The molecule has 1 radical (unpaired) electrons. The maximum atomic E-state index is 4.41. The molecule has 5 rings (SSSR count). The average Bonchev–Trinajstić information content (AvgIpc) is 3.49. The van der Waals surface area contributed by atoms with Gasteiger partial charge in [-0.25, -0.2) is 0 Å². The molecule has 0 saturated carbocycles. The number of rotatable bonds is 4. The predicted octanol–water partition coefficient (Wildman–Crippen LogP) is 3.89. The van der Waals surface area contributed by atoms with Crippen LogP contribution >= 0.6 is 0 Å². The van der Waals surface area contributed by atoms with Crippen LogP contribution in [-0.4, -0.2) is 24.8 Å². The van der Waals surface area contributed by atoms with E-state index in [0.717, 1.165) is 23.5 Å². The van der Waals surface area contributed by atoms with Crippen LogP contribution in [-0.2, 0) is 26.7 Å². The molecule has 2 aromatic carbocycles. The molecule has 0 saturated heterocycles. The second kappa shape index (κ2) is 11.0. The molecule has 0 aliphatic heterocycles. The first kappa shape index (κ1) is 21.3. The van der Waals surface area contributed by atoms with Crippen LogP contribution in [0.1, 0.15) is 5.56 Å². The SMILES string of the molecule is [Ir].[c-]1ccccc1-c1cn(Cc2ccccc2)cn1.c1ccc(-c2cnn[n-]2)nc1. The Morgan fingerprint density at radius 2 is 1.70 bits per heavy atom. The molecular weight excluding hydrogens is 553 g/mol. The molecule has 0 spiro atoms. The van der Waals surface area contributed by atoms with Crippen molar-refractivity contribution in [2.75, 3.05) is 0 Å². The molecule has 3 heterocycles. The first-order valence-electron chi connectivity index (χ1n) is 9.14. The van der Waals surface area contributed by atoms with Gasteiger partial charge < -0.3 is 14.8 Å². The van der Waals surface area contributed by atoms with E-state index >= 15 is 0 Å². The second-order valence-corrected chi connectivity index (χ2v) is 6.23. The van der Waals surface area contributed by atoms with Gasteiger partial charge in [0.1, 0.15) is 0 Å². The summed E-state index contributed by atoms with van der Waals surface area (Å²) < 4.78 is 2.09. The molecular formula is C23H18IrN6-2. The van der Waals surface area contributed by atoms with Gasteiger partial charge in [-0.3, -0.25) is 15.2 Å². The van der Waals surface area contributed by atoms with Crippen molar-refractivity contribution in [3.63, 3.8) is 0 Å². The first-order chi connectivity index (χ1) is 14.4. The monoisotopic (exact) mass is 571 g/mol. The third kappa shape index (κ3) is 5.80. The number of nitrogens with zero attached hydrogens (tertiary/aromatic N) is 6. The first-order valence-corrected chi connectivity index (χ1v) is 9.14. The van der Waals surface area contributed by atoms with Crippen molar-refractivity contribution in [3.8, 4) is 22.6 Å². The quantitative estimate of drug-likeness (QED) is 0.307. The van der Waals surface area contributed by atoms with Gasteiger partial charge in [-0.1, -0.05) is 42.6 Å². The summed E-state index contributed by atoms with van der Waals surface area (Å²) in [4.78, 5) is 8.49. The molecule has 5 aromatic rings. The van der Waals surface area contributed by atoms with Gasteiger partial charge in [0.05, 0.1) is 12.0 Å². The third-order valence-corrected chi connectivity index (χ3v) is 4.14.